The molecule has 0 unspecified atom stereocenters. The van der Waals surface area contributed by atoms with Crippen LogP contribution in [-0.2, 0) is 29.5 Å². The van der Waals surface area contributed by atoms with Crippen molar-refractivity contribution < 1.29 is 50.2 Å². The maximum absolute atomic E-state index is 10.4. The van der Waals surface area contributed by atoms with Crippen LogP contribution in [0, 0.1) is 0 Å². The summed E-state index contributed by atoms with van der Waals surface area (Å²) < 4.78 is 61.4. The Morgan fingerprint density at radius 1 is 0.964 bits per heavy atom. The van der Waals surface area contributed by atoms with E-state index in [1.54, 1.807) is 18.2 Å². The Kier molecular flexibility index (Phi) is 19.7. The summed E-state index contributed by atoms with van der Waals surface area (Å²) in [5, 5.41) is 27.5. The molecule has 158 valence electrons. The standard InChI is InChI=1S/C6H13NO8S.C6H6O3S.2Sr.4H/c7-3(1-8)5(10)6(11)4(9)2-15-16(12,13)14;7-10(8,9)6-4-2-1-3-5-6;;;;;;/h1,3-6,9-11H,2,7H2,(H,12,13,14);1-5H,(H,7,8,9);;;;;;/t3-,4+,5+,6+;;;;;;;/m0......./s1. The molecule has 0 saturated heterocycles. The molecule has 4 atom stereocenters. The van der Waals surface area contributed by atoms with Gasteiger partial charge in [0, 0.05) is 0 Å². The molecule has 1 aromatic carbocycles. The topological polar surface area (TPSA) is 222 Å². The molecule has 0 aliphatic rings. The number of hydrogen-bond acceptors (Lipinski definition) is 10. The van der Waals surface area contributed by atoms with Gasteiger partial charge in [-0.3, -0.25) is 9.11 Å². The molecule has 7 N–H and O–H groups in total. The number of aldehydes is 1. The molecule has 0 radical (unpaired) electrons. The van der Waals surface area contributed by atoms with Gasteiger partial charge in [0.05, 0.1) is 17.5 Å². The zero-order chi connectivity index (χ0) is 20.5. The van der Waals surface area contributed by atoms with Gasteiger partial charge in [0.25, 0.3) is 10.1 Å². The molecule has 0 heterocycles. The minimum atomic E-state index is -4.76. The van der Waals surface area contributed by atoms with E-state index < -0.39 is 51.5 Å². The summed E-state index contributed by atoms with van der Waals surface area (Å²) in [5.74, 6) is 0. The van der Waals surface area contributed by atoms with Crippen molar-refractivity contribution in [3.63, 3.8) is 0 Å². The van der Waals surface area contributed by atoms with Crippen molar-refractivity contribution in [3.05, 3.63) is 30.3 Å². The monoisotopic (exact) mass is 597 g/mol. The molecule has 28 heavy (non-hydrogen) atoms. The minimum absolute atomic E-state index is 0. The molecule has 0 saturated carbocycles. The third kappa shape index (κ3) is 15.3. The van der Waals surface area contributed by atoms with Gasteiger partial charge in [-0.05, 0) is 12.1 Å². The van der Waals surface area contributed by atoms with Gasteiger partial charge in [-0.2, -0.15) is 16.8 Å². The SMILES string of the molecule is N[C@@H](C=O)[C@@H](O)[C@H](O)[C@H](O)COS(=O)(=O)O.O=S(=O)(O)c1ccccc1.[SrH2].[SrH2]. The Hall–Kier alpha value is 1.47. The van der Waals surface area contributed by atoms with Crippen molar-refractivity contribution in [1.29, 1.82) is 0 Å². The van der Waals surface area contributed by atoms with Crippen LogP contribution in [0.4, 0.5) is 0 Å². The molecule has 0 spiro atoms. The van der Waals surface area contributed by atoms with Crippen molar-refractivity contribution in [1.82, 2.24) is 0 Å². The number of carbonyl (C=O) groups excluding carboxylic acids is 1. The summed E-state index contributed by atoms with van der Waals surface area (Å²) in [6.45, 7) is -0.983. The van der Waals surface area contributed by atoms with Crippen LogP contribution in [0.3, 0.4) is 0 Å². The molecule has 16 heteroatoms. The van der Waals surface area contributed by atoms with Gasteiger partial charge in [-0.25, -0.2) is 4.18 Å². The van der Waals surface area contributed by atoms with Crippen molar-refractivity contribution in [2.45, 2.75) is 29.2 Å². The number of hydrogen-bond donors (Lipinski definition) is 6. The second-order valence-electron chi connectivity index (χ2n) is 4.76. The molecule has 1 aromatic rings. The second-order valence-corrected chi connectivity index (χ2v) is 7.28. The zero-order valence-corrected chi connectivity index (χ0v) is 14.7. The summed E-state index contributed by atoms with van der Waals surface area (Å²) in [7, 11) is -8.76. The third-order valence-electron chi connectivity index (χ3n) is 2.72. The first-order chi connectivity index (χ1) is 11.8. The fourth-order valence-corrected chi connectivity index (χ4v) is 2.20. The molecular weight excluding hydrogens is 574 g/mol. The van der Waals surface area contributed by atoms with Crippen LogP contribution >= 0.6 is 0 Å². The van der Waals surface area contributed by atoms with Gasteiger partial charge in [0.15, 0.2) is 0 Å². The van der Waals surface area contributed by atoms with Crippen LogP contribution in [0.2, 0.25) is 0 Å². The first-order valence-corrected chi connectivity index (χ1v) is 9.49. The van der Waals surface area contributed by atoms with E-state index in [1.165, 1.54) is 12.1 Å². The average Bonchev–Trinajstić information content (AvgIpc) is 2.57. The van der Waals surface area contributed by atoms with E-state index in [1.807, 2.05) is 0 Å². The van der Waals surface area contributed by atoms with Gasteiger partial charge < -0.3 is 25.8 Å². The number of aliphatic hydroxyl groups excluding tert-OH is 3. The van der Waals surface area contributed by atoms with Crippen molar-refractivity contribution in [2.75, 3.05) is 6.61 Å². The van der Waals surface area contributed by atoms with Crippen LogP contribution in [0.5, 0.6) is 0 Å². The maximum atomic E-state index is 10.4. The molecule has 0 aliphatic heterocycles. The Labute approximate surface area is 236 Å². The molecule has 0 fully saturated rings. The molecule has 12 nitrogen and oxygen atoms in total. The van der Waals surface area contributed by atoms with E-state index in [9.17, 15) is 26.7 Å². The van der Waals surface area contributed by atoms with Gasteiger partial charge in [-0.1, -0.05) is 18.2 Å². The number of benzene rings is 1. The Morgan fingerprint density at radius 2 is 1.43 bits per heavy atom. The number of carbonyl (C=O) groups is 1. The van der Waals surface area contributed by atoms with Crippen LogP contribution in [0.15, 0.2) is 35.2 Å². The van der Waals surface area contributed by atoms with Gasteiger partial charge >= 0.3 is 101 Å². The Bertz CT molecular complexity index is 761. The summed E-state index contributed by atoms with van der Waals surface area (Å²) in [6, 6.07) is 5.99. The molecular formula is C12H23NO11S2Sr2. The number of nitrogens with two attached hydrogens (primary N) is 1. The Morgan fingerprint density at radius 3 is 1.75 bits per heavy atom. The first-order valence-electron chi connectivity index (χ1n) is 6.69. The van der Waals surface area contributed by atoms with Gasteiger partial charge in [0.2, 0.25) is 0 Å². The molecule has 0 bridgehead atoms. The summed E-state index contributed by atoms with van der Waals surface area (Å²) in [4.78, 5) is 10.1. The first kappa shape index (κ1) is 34.1. The van der Waals surface area contributed by atoms with E-state index in [0.717, 1.165) is 0 Å². The molecule has 1 rings (SSSR count). The van der Waals surface area contributed by atoms with Crippen LogP contribution in [0.1, 0.15) is 0 Å². The molecule has 0 amide bonds. The van der Waals surface area contributed by atoms with Crippen molar-refractivity contribution in [2.24, 2.45) is 5.73 Å². The van der Waals surface area contributed by atoms with E-state index in [-0.39, 0.29) is 102 Å². The summed E-state index contributed by atoms with van der Waals surface area (Å²) >= 11 is 0. The zero-order valence-electron chi connectivity index (χ0n) is 13.1. The molecule has 0 aliphatic carbocycles. The van der Waals surface area contributed by atoms with Crippen LogP contribution < -0.4 is 5.73 Å². The van der Waals surface area contributed by atoms with Crippen LogP contribution in [0.25, 0.3) is 0 Å². The molecule has 0 aromatic heterocycles. The summed E-state index contributed by atoms with van der Waals surface area (Å²) in [6.07, 6.45) is -5.35. The number of aliphatic hydroxyl groups is 3. The van der Waals surface area contributed by atoms with E-state index >= 15 is 0 Å². The second kappa shape index (κ2) is 16.2. The average molecular weight is 597 g/mol. The quantitative estimate of drug-likeness (QED) is 0.0950. The van der Waals surface area contributed by atoms with E-state index in [4.69, 9.17) is 25.1 Å². The Balaban J connectivity index is -0.000000451. The van der Waals surface area contributed by atoms with Crippen molar-refractivity contribution >= 4 is 118 Å². The van der Waals surface area contributed by atoms with E-state index in [0.29, 0.717) is 0 Å². The predicted octanol–water partition coefficient (Wildman–Crippen LogP) is -4.48. The number of rotatable bonds is 8. The fraction of sp³-hybridized carbons (Fsp3) is 0.417. The van der Waals surface area contributed by atoms with Gasteiger partial charge in [-0.15, -0.1) is 0 Å². The van der Waals surface area contributed by atoms with Gasteiger partial charge in [0.1, 0.15) is 24.6 Å². The van der Waals surface area contributed by atoms with Crippen LogP contribution in [-0.4, -0.2) is 169 Å². The summed E-state index contributed by atoms with van der Waals surface area (Å²) in [5.41, 5.74) is 5.04. The van der Waals surface area contributed by atoms with E-state index in [2.05, 4.69) is 4.18 Å². The predicted molar refractivity (Wildman–Crippen MR) is 103 cm³/mol. The fourth-order valence-electron chi connectivity index (χ4n) is 1.38. The third-order valence-corrected chi connectivity index (χ3v) is 4.03. The van der Waals surface area contributed by atoms with Crippen molar-refractivity contribution in [3.8, 4) is 0 Å². The normalized spacial score (nSPS) is 15.4.